The fourth-order valence-corrected chi connectivity index (χ4v) is 8.92. The second-order valence-electron chi connectivity index (χ2n) is 16.6. The number of amides is 3. The molecule has 1 aromatic heterocycles. The number of carbonyl (C=O) groups is 3. The van der Waals surface area contributed by atoms with E-state index in [0.717, 1.165) is 91.5 Å². The van der Waals surface area contributed by atoms with Gasteiger partial charge in [0.15, 0.2) is 0 Å². The Morgan fingerprint density at radius 3 is 2.02 bits per heavy atom. The number of hydrogen-bond donors (Lipinski definition) is 3. The molecule has 4 atom stereocenters. The molecule has 4 rings (SSSR count). The number of hydrogen-bond acceptors (Lipinski definition) is 9. The van der Waals surface area contributed by atoms with Crippen molar-refractivity contribution in [2.24, 2.45) is 5.41 Å². The highest BCUT2D eigenvalue weighted by molar-refractivity contribution is 7.86. The lowest BCUT2D eigenvalue weighted by Gasteiger charge is -2.35. The molecule has 0 aliphatic carbocycles. The van der Waals surface area contributed by atoms with E-state index in [1.807, 2.05) is 71.3 Å². The Balaban J connectivity index is 1.11. The summed E-state index contributed by atoms with van der Waals surface area (Å²) < 4.78 is 29.7. The smallest absolute Gasteiger partial charge is 0.296 e. The van der Waals surface area contributed by atoms with Crippen LogP contribution >= 0.6 is 11.3 Å². The second kappa shape index (κ2) is 21.9. The monoisotopic (exact) mass is 824 g/mol. The first-order chi connectivity index (χ1) is 27.1. The number of aliphatic hydroxyl groups is 1. The first-order valence-corrected chi connectivity index (χ1v) is 22.9. The number of aliphatic hydroxyl groups excluding tert-OH is 1. The zero-order valence-corrected chi connectivity index (χ0v) is 36.4. The summed E-state index contributed by atoms with van der Waals surface area (Å²) in [5, 5.41) is 16.6. The molecular weight excluding hydrogens is 761 g/mol. The van der Waals surface area contributed by atoms with Crippen LogP contribution in [0.2, 0.25) is 0 Å². The topological polar surface area (TPSA) is 155 Å². The lowest BCUT2D eigenvalue weighted by Crippen LogP contribution is -2.57. The average molecular weight is 825 g/mol. The Morgan fingerprint density at radius 1 is 0.877 bits per heavy atom. The van der Waals surface area contributed by atoms with Gasteiger partial charge in [0.2, 0.25) is 17.7 Å². The summed E-state index contributed by atoms with van der Waals surface area (Å²) in [7, 11) is -3.70. The number of nitrogens with zero attached hydrogens (tertiary/aromatic N) is 2. The largest absolute Gasteiger partial charge is 0.391 e. The predicted octanol–water partition coefficient (Wildman–Crippen LogP) is 8.18. The lowest BCUT2D eigenvalue weighted by molar-refractivity contribution is -0.144. The molecule has 1 aliphatic rings. The van der Waals surface area contributed by atoms with E-state index in [0.29, 0.717) is 12.8 Å². The van der Waals surface area contributed by atoms with Gasteiger partial charge in [0.05, 0.1) is 39.7 Å². The number of aryl methyl sites for hydroxylation is 2. The number of thiazole rings is 1. The Labute approximate surface area is 344 Å². The molecule has 3 N–H and O–H groups in total. The maximum Gasteiger partial charge on any atom is 0.296 e. The van der Waals surface area contributed by atoms with Crippen LogP contribution in [0.25, 0.3) is 10.4 Å². The third-order valence-corrected chi connectivity index (χ3v) is 13.0. The van der Waals surface area contributed by atoms with Gasteiger partial charge in [-0.25, -0.2) is 4.98 Å². The normalized spacial score (nSPS) is 17.0. The minimum Gasteiger partial charge on any atom is -0.391 e. The predicted molar refractivity (Wildman–Crippen MR) is 226 cm³/mol. The van der Waals surface area contributed by atoms with Gasteiger partial charge in [-0.15, -0.1) is 11.3 Å². The van der Waals surface area contributed by atoms with E-state index in [2.05, 4.69) is 15.6 Å². The van der Waals surface area contributed by atoms with Gasteiger partial charge in [0.1, 0.15) is 12.1 Å². The second-order valence-corrected chi connectivity index (χ2v) is 19.1. The molecule has 3 aromatic rings. The van der Waals surface area contributed by atoms with E-state index < -0.39 is 33.7 Å². The van der Waals surface area contributed by atoms with Crippen molar-refractivity contribution in [3.05, 3.63) is 70.9 Å². The average Bonchev–Trinajstić information content (AvgIpc) is 3.78. The molecule has 1 saturated heterocycles. The molecule has 3 amide bonds. The van der Waals surface area contributed by atoms with Crippen LogP contribution in [-0.4, -0.2) is 72.5 Å². The molecule has 0 saturated carbocycles. The molecule has 2 heterocycles. The van der Waals surface area contributed by atoms with Crippen LogP contribution in [0.4, 0.5) is 0 Å². The van der Waals surface area contributed by atoms with Crippen LogP contribution in [0.5, 0.6) is 0 Å². The summed E-state index contributed by atoms with van der Waals surface area (Å²) in [4.78, 5) is 47.7. The quantitative estimate of drug-likeness (QED) is 0.0677. The van der Waals surface area contributed by atoms with E-state index >= 15 is 0 Å². The number of unbranched alkanes of at least 4 members (excludes halogenated alkanes) is 10. The van der Waals surface area contributed by atoms with Crippen LogP contribution in [0.1, 0.15) is 134 Å². The molecule has 11 nitrogen and oxygen atoms in total. The number of β-amino-alcohol motifs (C(OH)–C–C–N with tert-alkyl or cyclic N) is 1. The van der Waals surface area contributed by atoms with Crippen molar-refractivity contribution in [1.82, 2.24) is 20.5 Å². The van der Waals surface area contributed by atoms with Crippen molar-refractivity contribution in [2.75, 3.05) is 13.2 Å². The van der Waals surface area contributed by atoms with E-state index in [1.54, 1.807) is 35.6 Å². The van der Waals surface area contributed by atoms with Gasteiger partial charge in [-0.3, -0.25) is 18.6 Å². The molecule has 2 unspecified atom stereocenters. The maximum atomic E-state index is 14.0. The number of benzene rings is 2. The first-order valence-electron chi connectivity index (χ1n) is 20.6. The third-order valence-electron chi connectivity index (χ3n) is 10.7. The zero-order valence-electron chi connectivity index (χ0n) is 34.7. The maximum absolute atomic E-state index is 14.0. The number of likely N-dealkylation sites (tertiary alicyclic amines) is 1. The molecule has 1 fully saturated rings. The molecule has 1 aliphatic heterocycles. The van der Waals surface area contributed by atoms with Gasteiger partial charge in [0, 0.05) is 19.4 Å². The number of carbonyl (C=O) groups excluding carboxylic acids is 3. The van der Waals surface area contributed by atoms with Crippen LogP contribution in [0.3, 0.4) is 0 Å². The highest BCUT2D eigenvalue weighted by atomic mass is 32.2. The zero-order chi connectivity index (χ0) is 41.6. The van der Waals surface area contributed by atoms with E-state index in [-0.39, 0.29) is 48.2 Å². The van der Waals surface area contributed by atoms with E-state index in [4.69, 9.17) is 4.18 Å². The number of aromatic nitrogens is 1. The fraction of sp³-hybridized carbons (Fsp3) is 0.591. The number of rotatable bonds is 22. The summed E-state index contributed by atoms with van der Waals surface area (Å²) in [6.45, 7) is 11.7. The summed E-state index contributed by atoms with van der Waals surface area (Å²) in [5.41, 5.74) is 5.18. The fourth-order valence-electron chi connectivity index (χ4n) is 7.17. The Morgan fingerprint density at radius 2 is 1.46 bits per heavy atom. The lowest BCUT2D eigenvalue weighted by atomic mass is 9.85. The van der Waals surface area contributed by atoms with Crippen LogP contribution in [-0.2, 0) is 28.7 Å². The van der Waals surface area contributed by atoms with Crippen LogP contribution < -0.4 is 10.6 Å². The minimum absolute atomic E-state index is 0.0347. The molecule has 13 heteroatoms. The molecule has 314 valence electrons. The van der Waals surface area contributed by atoms with Gasteiger partial charge in [-0.1, -0.05) is 121 Å². The summed E-state index contributed by atoms with van der Waals surface area (Å²) in [6.07, 6.45) is 10.7. The molecule has 57 heavy (non-hydrogen) atoms. The first kappa shape index (κ1) is 46.0. The summed E-state index contributed by atoms with van der Waals surface area (Å²) >= 11 is 1.58. The Hall–Kier alpha value is -3.65. The Kier molecular flexibility index (Phi) is 17.7. The van der Waals surface area contributed by atoms with Crippen LogP contribution in [0.15, 0.2) is 58.9 Å². The highest BCUT2D eigenvalue weighted by Gasteiger charge is 2.44. The molecule has 0 bridgehead atoms. The van der Waals surface area contributed by atoms with Gasteiger partial charge >= 0.3 is 0 Å². The highest BCUT2D eigenvalue weighted by Crippen LogP contribution is 2.30. The molecule has 2 aromatic carbocycles. The van der Waals surface area contributed by atoms with Gasteiger partial charge < -0.3 is 20.6 Å². The number of nitrogens with one attached hydrogen (secondary N) is 2. The van der Waals surface area contributed by atoms with Crippen LogP contribution in [0, 0.1) is 19.3 Å². The van der Waals surface area contributed by atoms with Crippen molar-refractivity contribution in [3.8, 4) is 10.4 Å². The van der Waals surface area contributed by atoms with Gasteiger partial charge in [-0.2, -0.15) is 8.42 Å². The molecular formula is C44H64N4O7S2. The Bertz CT molecular complexity index is 1840. The summed E-state index contributed by atoms with van der Waals surface area (Å²) in [5.74, 6) is -0.875. The molecule has 0 spiro atoms. The van der Waals surface area contributed by atoms with Crippen molar-refractivity contribution in [1.29, 1.82) is 0 Å². The molecule has 0 radical (unpaired) electrons. The van der Waals surface area contributed by atoms with Crippen molar-refractivity contribution >= 4 is 39.2 Å². The summed E-state index contributed by atoms with van der Waals surface area (Å²) in [6, 6.07) is 12.7. The van der Waals surface area contributed by atoms with Crippen molar-refractivity contribution < 1.29 is 32.1 Å². The SMILES string of the molecule is Cc1ccc(S(=O)(=O)OCCCCCCCCCCCCCC(=O)NC(C(=O)N2C[C@H](O)C[C@H]2C(=O)NC(C)c2ccc(-c3scnc3C)cc2)C(C)(C)C)cc1. The standard InChI is InChI=1S/C44H64N4O7S2/c1-31-19-25-37(26-20-31)57(53,54)55-27-17-15-13-11-9-7-8-10-12-14-16-18-39(50)47-41(44(4,5)6)43(52)48-29-36(49)28-38(48)42(51)46-32(2)34-21-23-35(24-22-34)40-33(3)45-30-56-40/h19-26,30,32,36,38,41,49H,7-18,27-29H2,1-6H3,(H,46,51)(H,47,50)/t32?,36-,38+,41?/m1/s1. The van der Waals surface area contributed by atoms with Gasteiger partial charge in [0.25, 0.3) is 10.1 Å². The third kappa shape index (κ3) is 14.3. The minimum atomic E-state index is -3.70. The van der Waals surface area contributed by atoms with Crippen molar-refractivity contribution in [3.63, 3.8) is 0 Å². The van der Waals surface area contributed by atoms with E-state index in [1.165, 1.54) is 4.90 Å². The van der Waals surface area contributed by atoms with Gasteiger partial charge in [-0.05, 0) is 62.3 Å². The van der Waals surface area contributed by atoms with Crippen molar-refractivity contribution in [2.45, 2.75) is 154 Å². The van der Waals surface area contributed by atoms with E-state index in [9.17, 15) is 27.9 Å².